The number of carbonyl (C=O) groups excluding carboxylic acids is 3. The number of aromatic nitrogens is 4. The topological polar surface area (TPSA) is 218 Å². The van der Waals surface area contributed by atoms with Gasteiger partial charge in [-0.3, -0.25) is 33.9 Å². The van der Waals surface area contributed by atoms with E-state index in [1.807, 2.05) is 0 Å². The fourth-order valence-corrected chi connectivity index (χ4v) is 6.38. The Kier molecular flexibility index (Phi) is 9.24. The summed E-state index contributed by atoms with van der Waals surface area (Å²) < 4.78 is 1.24. The summed E-state index contributed by atoms with van der Waals surface area (Å²) >= 11 is 3.35. The summed E-state index contributed by atoms with van der Waals surface area (Å²) in [5.74, 6) is -2.68. The van der Waals surface area contributed by atoms with Crippen molar-refractivity contribution in [2.75, 3.05) is 24.3 Å². The van der Waals surface area contributed by atoms with Crippen LogP contribution in [0.4, 0.5) is 5.13 Å². The molecule has 0 saturated carbocycles. The van der Waals surface area contributed by atoms with Crippen molar-refractivity contribution in [1.82, 2.24) is 30.0 Å². The van der Waals surface area contributed by atoms with Gasteiger partial charge in [-0.1, -0.05) is 16.9 Å². The molecule has 15 nitrogen and oxygen atoms in total. The zero-order chi connectivity index (χ0) is 26.1. The summed E-state index contributed by atoms with van der Waals surface area (Å²) in [7, 11) is 2.72. The first-order chi connectivity index (χ1) is 17.1. The predicted molar refractivity (Wildman–Crippen MR) is 128 cm³/mol. The SMILES string of the molecule is CON=C(C(=O)NC1C(=O)N2C(C(=O)[O-])=C(CSc3nc(=O)c(=O)[nH]n3C)CSC12)c1csc(N)n1.[Na+]. The molecule has 1 fully saturated rings. The number of aryl methyl sites for hydroxylation is 1. The number of thioether (sulfide) groups is 2. The number of aliphatic carboxylic acids is 1. The van der Waals surface area contributed by atoms with Crippen molar-refractivity contribution in [1.29, 1.82) is 0 Å². The number of oxime groups is 1. The largest absolute Gasteiger partial charge is 1.00 e. The van der Waals surface area contributed by atoms with E-state index in [-0.39, 0.29) is 68.5 Å². The second kappa shape index (κ2) is 11.8. The van der Waals surface area contributed by atoms with Crippen molar-refractivity contribution in [3.8, 4) is 0 Å². The van der Waals surface area contributed by atoms with E-state index in [0.717, 1.165) is 28.0 Å². The van der Waals surface area contributed by atoms with E-state index in [4.69, 9.17) is 10.6 Å². The van der Waals surface area contributed by atoms with Gasteiger partial charge in [0.25, 0.3) is 11.8 Å². The Morgan fingerprint density at radius 1 is 1.38 bits per heavy atom. The van der Waals surface area contributed by atoms with Crippen molar-refractivity contribution >= 4 is 63.5 Å². The minimum atomic E-state index is -1.56. The van der Waals surface area contributed by atoms with Gasteiger partial charge in [0, 0.05) is 23.9 Å². The zero-order valence-electron chi connectivity index (χ0n) is 19.5. The van der Waals surface area contributed by atoms with Crippen LogP contribution in [0.15, 0.2) is 36.6 Å². The van der Waals surface area contributed by atoms with Crippen LogP contribution in [0.5, 0.6) is 0 Å². The molecule has 37 heavy (non-hydrogen) atoms. The molecule has 0 bridgehead atoms. The molecule has 2 aromatic heterocycles. The van der Waals surface area contributed by atoms with E-state index >= 15 is 0 Å². The number of rotatable bonds is 8. The molecule has 2 atom stereocenters. The average molecular weight is 577 g/mol. The van der Waals surface area contributed by atoms with Gasteiger partial charge in [0.2, 0.25) is 0 Å². The van der Waals surface area contributed by atoms with Gasteiger partial charge in [0.05, 0.1) is 11.7 Å². The average Bonchev–Trinajstić information content (AvgIpc) is 3.27. The van der Waals surface area contributed by atoms with E-state index in [1.165, 1.54) is 36.0 Å². The number of anilines is 1. The standard InChI is InChI=1S/C18H18N8O7S3.Na/c1-25-18(22-12(28)13(29)23-25)36-4-6-3-34-15-9(14(30)26(15)10(6)16(31)32)21-11(27)8(24-33-2)7-5-35-17(19)20-7;/h5,9,15H,3-4H2,1-2H3,(H2,19,20)(H,21,27)(H,23,29)(H,31,32);/q;+1/p-1. The summed E-state index contributed by atoms with van der Waals surface area (Å²) in [5, 5.41) is 21.6. The Balaban J connectivity index is 0.00000380. The molecule has 19 heteroatoms. The van der Waals surface area contributed by atoms with Crippen molar-refractivity contribution in [3.63, 3.8) is 0 Å². The first-order valence-electron chi connectivity index (χ1n) is 9.94. The predicted octanol–water partition coefficient (Wildman–Crippen LogP) is -5.94. The van der Waals surface area contributed by atoms with E-state index in [9.17, 15) is 29.1 Å². The maximum absolute atomic E-state index is 12.9. The molecule has 0 radical (unpaired) electrons. The number of hydrogen-bond acceptors (Lipinski definition) is 14. The number of amides is 2. The van der Waals surface area contributed by atoms with Crippen molar-refractivity contribution < 1.29 is 53.9 Å². The normalized spacial score (nSPS) is 19.0. The number of fused-ring (bicyclic) bond motifs is 1. The number of carboxylic acid groups (broad SMARTS) is 1. The van der Waals surface area contributed by atoms with E-state index in [1.54, 1.807) is 0 Å². The minimum Gasteiger partial charge on any atom is -0.543 e. The Hall–Kier alpha value is -2.64. The number of β-lactam (4-membered cyclic amide) rings is 1. The van der Waals surface area contributed by atoms with Gasteiger partial charge in [-0.05, 0) is 5.57 Å². The molecule has 2 aliphatic rings. The van der Waals surface area contributed by atoms with Crippen LogP contribution < -0.4 is 56.8 Å². The van der Waals surface area contributed by atoms with Crippen LogP contribution in [0, 0.1) is 0 Å². The maximum atomic E-state index is 12.9. The monoisotopic (exact) mass is 576 g/mol. The molecular weight excluding hydrogens is 559 g/mol. The number of thiazole rings is 1. The Bertz CT molecular complexity index is 1430. The van der Waals surface area contributed by atoms with E-state index in [2.05, 4.69) is 25.5 Å². The summed E-state index contributed by atoms with van der Waals surface area (Å²) in [6.07, 6.45) is 0. The second-order valence-electron chi connectivity index (χ2n) is 7.28. The van der Waals surface area contributed by atoms with Crippen LogP contribution >= 0.6 is 34.9 Å². The Morgan fingerprint density at radius 2 is 2.11 bits per heavy atom. The summed E-state index contributed by atoms with van der Waals surface area (Å²) in [6.45, 7) is 0. The van der Waals surface area contributed by atoms with Gasteiger partial charge < -0.3 is 25.8 Å². The molecule has 0 aliphatic carbocycles. The van der Waals surface area contributed by atoms with Crippen LogP contribution in [-0.2, 0) is 26.3 Å². The third kappa shape index (κ3) is 5.78. The molecule has 2 aliphatic heterocycles. The number of nitrogens with two attached hydrogens (primary N) is 1. The number of nitrogens with one attached hydrogen (secondary N) is 2. The summed E-state index contributed by atoms with van der Waals surface area (Å²) in [5.41, 5.74) is 3.77. The number of hydrogen-bond donors (Lipinski definition) is 3. The molecule has 4 rings (SSSR count). The van der Waals surface area contributed by atoms with Gasteiger partial charge in [0.15, 0.2) is 16.0 Å². The fraction of sp³-hybridized carbons (Fsp3) is 0.333. The molecule has 0 aromatic carbocycles. The molecule has 4 heterocycles. The van der Waals surface area contributed by atoms with Crippen molar-refractivity contribution in [2.45, 2.75) is 16.6 Å². The number of nitrogen functional groups attached to an aromatic ring is 1. The van der Waals surface area contributed by atoms with E-state index in [0.29, 0.717) is 5.57 Å². The molecule has 2 aromatic rings. The van der Waals surface area contributed by atoms with Gasteiger partial charge in [-0.15, -0.1) is 23.1 Å². The smallest absolute Gasteiger partial charge is 0.543 e. The van der Waals surface area contributed by atoms with Crippen molar-refractivity contribution in [3.05, 3.63) is 43.1 Å². The van der Waals surface area contributed by atoms with Crippen LogP contribution in [0.1, 0.15) is 5.69 Å². The fourth-order valence-electron chi connectivity index (χ4n) is 3.43. The molecule has 0 spiro atoms. The first kappa shape index (κ1) is 28.9. The quantitative estimate of drug-likeness (QED) is 0.0668. The van der Waals surface area contributed by atoms with E-state index < -0.39 is 40.3 Å². The molecule has 1 saturated heterocycles. The minimum absolute atomic E-state index is 0. The molecule has 190 valence electrons. The number of carboxylic acids is 1. The number of carbonyl (C=O) groups is 3. The summed E-state index contributed by atoms with van der Waals surface area (Å²) in [4.78, 5) is 74.0. The third-order valence-corrected chi connectivity index (χ3v) is 8.14. The summed E-state index contributed by atoms with van der Waals surface area (Å²) in [6, 6.07) is -1.02. The van der Waals surface area contributed by atoms with Crippen LogP contribution in [0.2, 0.25) is 0 Å². The maximum Gasteiger partial charge on any atom is 1.00 e. The van der Waals surface area contributed by atoms with Crippen LogP contribution in [-0.4, -0.2) is 78.2 Å². The molecule has 2 unspecified atom stereocenters. The Morgan fingerprint density at radius 3 is 2.73 bits per heavy atom. The molecule has 4 N–H and O–H groups in total. The Labute approximate surface area is 242 Å². The molecule has 2 amide bonds. The van der Waals surface area contributed by atoms with Gasteiger partial charge in [0.1, 0.15) is 24.2 Å². The van der Waals surface area contributed by atoms with Crippen molar-refractivity contribution in [2.24, 2.45) is 12.2 Å². The first-order valence-corrected chi connectivity index (χ1v) is 12.8. The van der Waals surface area contributed by atoms with Gasteiger partial charge >= 0.3 is 40.7 Å². The third-order valence-electron chi connectivity index (χ3n) is 5.01. The number of aromatic amines is 1. The van der Waals surface area contributed by atoms with Crippen LogP contribution in [0.25, 0.3) is 0 Å². The van der Waals surface area contributed by atoms with Gasteiger partial charge in [-0.25, -0.2) is 4.98 Å². The zero-order valence-corrected chi connectivity index (χ0v) is 24.0. The van der Waals surface area contributed by atoms with Crippen LogP contribution in [0.3, 0.4) is 0 Å². The molecular formula is C18H17N8NaO7S3. The second-order valence-corrected chi connectivity index (χ2v) is 10.2. The number of H-pyrrole nitrogens is 1. The number of nitrogens with zero attached hydrogens (tertiary/aromatic N) is 5. The van der Waals surface area contributed by atoms with Gasteiger partial charge in [-0.2, -0.15) is 4.98 Å².